The molecule has 0 radical (unpaired) electrons. The summed E-state index contributed by atoms with van der Waals surface area (Å²) >= 11 is 1.60. The lowest BCUT2D eigenvalue weighted by Crippen LogP contribution is -2.42. The highest BCUT2D eigenvalue weighted by molar-refractivity contribution is 7.15. The van der Waals surface area contributed by atoms with Crippen LogP contribution in [0.2, 0.25) is 0 Å². The Morgan fingerprint density at radius 3 is 2.87 bits per heavy atom. The normalized spacial score (nSPS) is 16.2. The van der Waals surface area contributed by atoms with Crippen LogP contribution < -0.4 is 10.1 Å². The van der Waals surface area contributed by atoms with Crippen molar-refractivity contribution in [3.63, 3.8) is 0 Å². The molecule has 1 aliphatic rings. The number of hydrogen-bond donors (Lipinski definition) is 1. The Bertz CT molecular complexity index is 1020. The maximum absolute atomic E-state index is 12.6. The molecule has 1 amide bonds. The number of carbonyl (C=O) groups is 1. The third-order valence-corrected chi connectivity index (χ3v) is 6.05. The van der Waals surface area contributed by atoms with Crippen molar-refractivity contribution in [3.8, 4) is 5.75 Å². The maximum atomic E-state index is 12.6. The van der Waals surface area contributed by atoms with Gasteiger partial charge in [0, 0.05) is 35.9 Å². The van der Waals surface area contributed by atoms with E-state index in [2.05, 4.69) is 20.3 Å². The van der Waals surface area contributed by atoms with Crippen LogP contribution in [-0.4, -0.2) is 45.5 Å². The molecule has 4 rings (SSSR count). The third-order valence-electron chi connectivity index (χ3n) is 5.22. The molecule has 0 aliphatic carbocycles. The van der Waals surface area contributed by atoms with Crippen molar-refractivity contribution >= 4 is 28.2 Å². The number of hydrogen-bond acceptors (Lipinski definition) is 7. The molecule has 7 nitrogen and oxygen atoms in total. The zero-order chi connectivity index (χ0) is 21.6. The third kappa shape index (κ3) is 6.01. The molecule has 31 heavy (non-hydrogen) atoms. The van der Waals surface area contributed by atoms with Gasteiger partial charge in [-0.2, -0.15) is 0 Å². The van der Waals surface area contributed by atoms with E-state index in [0.717, 1.165) is 65.4 Å². The van der Waals surface area contributed by atoms with E-state index >= 15 is 0 Å². The topological polar surface area (TPSA) is 80.2 Å². The number of benzene rings is 1. The first-order valence-electron chi connectivity index (χ1n) is 10.5. The SMILES string of the molecule is Cc1nc(C[C@@H]2CCCN(C(=O)COc3ccccc3)C2)cc(Nc2ncc(C)s2)n1. The highest BCUT2D eigenvalue weighted by atomic mass is 32.1. The fraction of sp³-hybridized carbons (Fsp3) is 0.391. The maximum Gasteiger partial charge on any atom is 0.260 e. The number of para-hydroxylation sites is 1. The lowest BCUT2D eigenvalue weighted by Gasteiger charge is -2.32. The summed E-state index contributed by atoms with van der Waals surface area (Å²) in [5.41, 5.74) is 0.989. The fourth-order valence-electron chi connectivity index (χ4n) is 3.83. The zero-order valence-electron chi connectivity index (χ0n) is 17.9. The zero-order valence-corrected chi connectivity index (χ0v) is 18.7. The van der Waals surface area contributed by atoms with Crippen LogP contribution in [0, 0.1) is 19.8 Å². The minimum absolute atomic E-state index is 0.0360. The van der Waals surface area contributed by atoms with E-state index in [4.69, 9.17) is 4.74 Å². The second-order valence-corrected chi connectivity index (χ2v) is 9.08. The molecule has 3 aromatic rings. The Kier molecular flexibility index (Phi) is 6.76. The van der Waals surface area contributed by atoms with Gasteiger partial charge in [0.1, 0.15) is 17.4 Å². The Morgan fingerprint density at radius 1 is 1.26 bits per heavy atom. The van der Waals surface area contributed by atoms with E-state index in [1.165, 1.54) is 0 Å². The van der Waals surface area contributed by atoms with Gasteiger partial charge >= 0.3 is 0 Å². The van der Waals surface area contributed by atoms with Crippen LogP contribution >= 0.6 is 11.3 Å². The molecule has 1 atom stereocenters. The van der Waals surface area contributed by atoms with Gasteiger partial charge in [-0.25, -0.2) is 15.0 Å². The van der Waals surface area contributed by atoms with Gasteiger partial charge in [0.2, 0.25) is 0 Å². The van der Waals surface area contributed by atoms with Crippen molar-refractivity contribution in [2.24, 2.45) is 5.92 Å². The number of anilines is 2. The number of aromatic nitrogens is 3. The van der Waals surface area contributed by atoms with E-state index in [-0.39, 0.29) is 12.5 Å². The second-order valence-electron chi connectivity index (χ2n) is 7.85. The number of nitrogens with zero attached hydrogens (tertiary/aromatic N) is 4. The Morgan fingerprint density at radius 2 is 2.10 bits per heavy atom. The summed E-state index contributed by atoms with van der Waals surface area (Å²) in [6.45, 7) is 5.52. The molecule has 1 saturated heterocycles. The van der Waals surface area contributed by atoms with Crippen LogP contribution in [0.5, 0.6) is 5.75 Å². The van der Waals surface area contributed by atoms with Crippen molar-refractivity contribution in [1.82, 2.24) is 19.9 Å². The first-order valence-corrected chi connectivity index (χ1v) is 11.4. The average molecular weight is 438 g/mol. The van der Waals surface area contributed by atoms with Crippen LogP contribution in [0.1, 0.15) is 29.2 Å². The van der Waals surface area contributed by atoms with Gasteiger partial charge in [-0.05, 0) is 51.2 Å². The molecule has 0 bridgehead atoms. The van der Waals surface area contributed by atoms with Crippen molar-refractivity contribution in [1.29, 1.82) is 0 Å². The number of carbonyl (C=O) groups excluding carboxylic acids is 1. The Labute approximate surface area is 186 Å². The molecule has 1 aliphatic heterocycles. The number of aryl methyl sites for hydroxylation is 2. The van der Waals surface area contributed by atoms with Crippen molar-refractivity contribution in [2.45, 2.75) is 33.1 Å². The minimum Gasteiger partial charge on any atom is -0.484 e. The van der Waals surface area contributed by atoms with Crippen molar-refractivity contribution < 1.29 is 9.53 Å². The van der Waals surface area contributed by atoms with Gasteiger partial charge in [-0.1, -0.05) is 18.2 Å². The predicted molar refractivity (Wildman–Crippen MR) is 122 cm³/mol. The largest absolute Gasteiger partial charge is 0.484 e. The standard InChI is InChI=1S/C23H27N5O2S/c1-16-13-24-23(31-16)27-21-12-19(25-17(2)26-21)11-18-7-6-10-28(14-18)22(29)15-30-20-8-4-3-5-9-20/h3-5,8-9,12-13,18H,6-7,10-11,14-15H2,1-2H3,(H,24,25,26,27)/t18-/m0/s1. The molecule has 0 unspecified atom stereocenters. The van der Waals surface area contributed by atoms with E-state index in [9.17, 15) is 4.79 Å². The lowest BCUT2D eigenvalue weighted by molar-refractivity contribution is -0.135. The first-order chi connectivity index (χ1) is 15.0. The van der Waals surface area contributed by atoms with Gasteiger partial charge in [0.15, 0.2) is 11.7 Å². The number of rotatable bonds is 7. The van der Waals surface area contributed by atoms with Crippen LogP contribution in [0.25, 0.3) is 0 Å². The highest BCUT2D eigenvalue weighted by Crippen LogP contribution is 2.24. The molecule has 2 aromatic heterocycles. The smallest absolute Gasteiger partial charge is 0.260 e. The van der Waals surface area contributed by atoms with Crippen LogP contribution in [0.3, 0.4) is 0 Å². The van der Waals surface area contributed by atoms with E-state index < -0.39 is 0 Å². The van der Waals surface area contributed by atoms with Gasteiger partial charge in [-0.15, -0.1) is 11.3 Å². The van der Waals surface area contributed by atoms with E-state index in [1.807, 2.05) is 61.3 Å². The first kappa shape index (κ1) is 21.2. The lowest BCUT2D eigenvalue weighted by atomic mass is 9.93. The molecule has 0 spiro atoms. The number of nitrogens with one attached hydrogen (secondary N) is 1. The monoisotopic (exact) mass is 437 g/mol. The van der Waals surface area contributed by atoms with Crippen molar-refractivity contribution in [3.05, 3.63) is 59.0 Å². The molecule has 1 aromatic carbocycles. The number of ether oxygens (including phenoxy) is 1. The predicted octanol–water partition coefficient (Wildman–Crippen LogP) is 4.15. The Balaban J connectivity index is 1.35. The summed E-state index contributed by atoms with van der Waals surface area (Å²) in [6.07, 6.45) is 4.74. The number of likely N-dealkylation sites (tertiary alicyclic amines) is 1. The number of piperidine rings is 1. The number of amides is 1. The van der Waals surface area contributed by atoms with Crippen molar-refractivity contribution in [2.75, 3.05) is 25.0 Å². The molecule has 0 saturated carbocycles. The summed E-state index contributed by atoms with van der Waals surface area (Å²) in [5, 5.41) is 4.11. The molecule has 1 N–H and O–H groups in total. The van der Waals surface area contributed by atoms with Gasteiger partial charge in [-0.3, -0.25) is 4.79 Å². The molecule has 3 heterocycles. The van der Waals surface area contributed by atoms with Crippen LogP contribution in [0.4, 0.5) is 10.9 Å². The molecular weight excluding hydrogens is 410 g/mol. The molecule has 8 heteroatoms. The van der Waals surface area contributed by atoms with Gasteiger partial charge in [0.05, 0.1) is 0 Å². The van der Waals surface area contributed by atoms with Gasteiger partial charge < -0.3 is 15.0 Å². The van der Waals surface area contributed by atoms with E-state index in [1.54, 1.807) is 11.3 Å². The second kappa shape index (κ2) is 9.87. The molecular formula is C23H27N5O2S. The number of thiazole rings is 1. The summed E-state index contributed by atoms with van der Waals surface area (Å²) in [7, 11) is 0. The summed E-state index contributed by atoms with van der Waals surface area (Å²) in [5.74, 6) is 2.62. The Hall–Kier alpha value is -3.00. The highest BCUT2D eigenvalue weighted by Gasteiger charge is 2.24. The summed E-state index contributed by atoms with van der Waals surface area (Å²) in [4.78, 5) is 29.2. The van der Waals surface area contributed by atoms with E-state index in [0.29, 0.717) is 5.92 Å². The molecule has 1 fully saturated rings. The van der Waals surface area contributed by atoms with Crippen LogP contribution in [0.15, 0.2) is 42.6 Å². The van der Waals surface area contributed by atoms with Gasteiger partial charge in [0.25, 0.3) is 5.91 Å². The minimum atomic E-state index is 0.0360. The summed E-state index contributed by atoms with van der Waals surface area (Å²) in [6, 6.07) is 11.4. The molecule has 162 valence electrons. The fourth-order valence-corrected chi connectivity index (χ4v) is 4.50. The van der Waals surface area contributed by atoms with Crippen LogP contribution in [-0.2, 0) is 11.2 Å². The summed E-state index contributed by atoms with van der Waals surface area (Å²) < 4.78 is 5.64. The quantitative estimate of drug-likeness (QED) is 0.598. The average Bonchev–Trinajstić information content (AvgIpc) is 3.17.